The number of amides is 1. The van der Waals surface area contributed by atoms with Crippen molar-refractivity contribution in [3.05, 3.63) is 46.0 Å². The fourth-order valence-electron chi connectivity index (χ4n) is 1.84. The van der Waals surface area contributed by atoms with Crippen LogP contribution in [0.1, 0.15) is 11.6 Å². The summed E-state index contributed by atoms with van der Waals surface area (Å²) in [6.45, 7) is 0.0867. The summed E-state index contributed by atoms with van der Waals surface area (Å²) in [6, 6.07) is 8.89. The van der Waals surface area contributed by atoms with Crippen LogP contribution >= 0.6 is 36.7 Å². The van der Waals surface area contributed by atoms with Crippen molar-refractivity contribution in [1.82, 2.24) is 4.90 Å². The number of carbonyl (C=O) groups excluding carboxylic acids is 1. The third-order valence-corrected chi connectivity index (χ3v) is 3.52. The normalized spacial score (nSPS) is 16.8. The van der Waals surface area contributed by atoms with Gasteiger partial charge in [0.05, 0.1) is 24.2 Å². The molecule has 18 heavy (non-hydrogen) atoms. The van der Waals surface area contributed by atoms with Crippen molar-refractivity contribution < 1.29 is 9.90 Å². The monoisotopic (exact) mass is 305 g/mol. The molecule has 1 atom stereocenters. The van der Waals surface area contributed by atoms with E-state index in [9.17, 15) is 9.90 Å². The first kappa shape index (κ1) is 15.4. The van der Waals surface area contributed by atoms with E-state index in [1.54, 1.807) is 0 Å². The molecule has 0 spiro atoms. The average molecular weight is 306 g/mol. The Morgan fingerprint density at radius 2 is 1.89 bits per heavy atom. The van der Waals surface area contributed by atoms with E-state index in [-0.39, 0.29) is 37.6 Å². The van der Waals surface area contributed by atoms with Crippen LogP contribution in [0, 0.1) is 0 Å². The van der Waals surface area contributed by atoms with Gasteiger partial charge in [-0.3, -0.25) is 4.79 Å². The Kier molecular flexibility index (Phi) is 5.53. The lowest BCUT2D eigenvalue weighted by Crippen LogP contribution is -2.33. The molecular weight excluding hydrogens is 293 g/mol. The number of nitrogens with zero attached hydrogens (tertiary/aromatic N) is 1. The summed E-state index contributed by atoms with van der Waals surface area (Å²) < 4.78 is 0. The molecule has 0 saturated carbocycles. The van der Waals surface area contributed by atoms with Crippen LogP contribution in [0.5, 0.6) is 0 Å². The minimum absolute atomic E-state index is 0. The second-order valence-electron chi connectivity index (χ2n) is 3.76. The third-order valence-electron chi connectivity index (χ3n) is 2.73. The van der Waals surface area contributed by atoms with Gasteiger partial charge in [-0.2, -0.15) is 13.5 Å². The first-order valence-corrected chi connectivity index (χ1v) is 5.91. The Balaban J connectivity index is 0.00000162. The molecule has 1 heterocycles. The molecule has 0 saturated heterocycles. The number of halogens is 2. The number of rotatable bonds is 3. The maximum atomic E-state index is 11.8. The van der Waals surface area contributed by atoms with E-state index in [4.69, 9.17) is 23.2 Å². The molecule has 0 bridgehead atoms. The molecular formula is C12H13Cl2NO2S. The van der Waals surface area contributed by atoms with Crippen molar-refractivity contribution in [3.8, 4) is 0 Å². The van der Waals surface area contributed by atoms with E-state index in [0.29, 0.717) is 5.03 Å². The van der Waals surface area contributed by atoms with E-state index < -0.39 is 6.04 Å². The number of aliphatic hydroxyl groups is 1. The molecule has 1 unspecified atom stereocenters. The van der Waals surface area contributed by atoms with Gasteiger partial charge in [-0.15, -0.1) is 0 Å². The Hall–Kier alpha value is -0.680. The molecule has 1 aromatic carbocycles. The van der Waals surface area contributed by atoms with Gasteiger partial charge >= 0.3 is 0 Å². The molecule has 6 heteroatoms. The fourth-order valence-corrected chi connectivity index (χ4v) is 2.22. The van der Waals surface area contributed by atoms with Crippen LogP contribution < -0.4 is 0 Å². The lowest BCUT2D eigenvalue weighted by atomic mass is 10.1. The molecule has 0 fully saturated rings. The zero-order valence-corrected chi connectivity index (χ0v) is 11.9. The number of benzene rings is 1. The molecule has 1 N–H and O–H groups in total. The Bertz CT molecular complexity index is 464. The van der Waals surface area contributed by atoms with Crippen molar-refractivity contribution in [1.29, 1.82) is 0 Å². The van der Waals surface area contributed by atoms with Gasteiger partial charge in [-0.05, 0) is 5.56 Å². The highest BCUT2D eigenvalue weighted by atomic mass is 35.5. The number of aliphatic hydroxyl groups excluding tert-OH is 1. The smallest absolute Gasteiger partial charge is 0.267 e. The van der Waals surface area contributed by atoms with Crippen molar-refractivity contribution in [3.63, 3.8) is 0 Å². The third kappa shape index (κ3) is 2.83. The van der Waals surface area contributed by atoms with E-state index in [1.807, 2.05) is 30.3 Å². The van der Waals surface area contributed by atoms with Crippen molar-refractivity contribution in [2.45, 2.75) is 6.04 Å². The Morgan fingerprint density at radius 1 is 1.28 bits per heavy atom. The topological polar surface area (TPSA) is 40.5 Å². The predicted molar refractivity (Wildman–Crippen MR) is 77.1 cm³/mol. The SMILES string of the molecule is O=C1C(Cl)=C(Cl)CN1C(CO)c1ccccc1.S. The fraction of sp³-hybridized carbons (Fsp3) is 0.250. The van der Waals surface area contributed by atoms with Gasteiger partial charge in [0.15, 0.2) is 0 Å². The van der Waals surface area contributed by atoms with Crippen LogP contribution in [-0.4, -0.2) is 29.1 Å². The predicted octanol–water partition coefficient (Wildman–Crippen LogP) is 2.36. The number of hydrogen-bond donors (Lipinski definition) is 1. The van der Waals surface area contributed by atoms with Gasteiger partial charge < -0.3 is 10.0 Å². The minimum Gasteiger partial charge on any atom is -0.394 e. The molecule has 1 aliphatic heterocycles. The maximum Gasteiger partial charge on any atom is 0.267 e. The van der Waals surface area contributed by atoms with Crippen LogP contribution in [0.3, 0.4) is 0 Å². The molecule has 2 rings (SSSR count). The lowest BCUT2D eigenvalue weighted by Gasteiger charge is -2.26. The van der Waals surface area contributed by atoms with E-state index in [0.717, 1.165) is 5.56 Å². The largest absolute Gasteiger partial charge is 0.394 e. The summed E-state index contributed by atoms with van der Waals surface area (Å²) in [6.07, 6.45) is 0. The van der Waals surface area contributed by atoms with Gasteiger partial charge in [-0.1, -0.05) is 53.5 Å². The molecule has 1 aliphatic rings. The molecule has 0 aromatic heterocycles. The highest BCUT2D eigenvalue weighted by molar-refractivity contribution is 7.59. The highest BCUT2D eigenvalue weighted by Gasteiger charge is 2.33. The summed E-state index contributed by atoms with van der Waals surface area (Å²) in [5.41, 5.74) is 0.860. The molecule has 3 nitrogen and oxygen atoms in total. The summed E-state index contributed by atoms with van der Waals surface area (Å²) in [4.78, 5) is 13.3. The summed E-state index contributed by atoms with van der Waals surface area (Å²) in [5, 5.41) is 9.80. The van der Waals surface area contributed by atoms with Crippen molar-refractivity contribution >= 4 is 42.6 Å². The maximum absolute atomic E-state index is 11.8. The van der Waals surface area contributed by atoms with Crippen LogP contribution in [0.15, 0.2) is 40.4 Å². The van der Waals surface area contributed by atoms with Crippen molar-refractivity contribution in [2.75, 3.05) is 13.2 Å². The first-order valence-electron chi connectivity index (χ1n) is 5.16. The number of carbonyl (C=O) groups is 1. The summed E-state index contributed by atoms with van der Waals surface area (Å²) in [5.74, 6) is -0.334. The van der Waals surface area contributed by atoms with Crippen LogP contribution in [-0.2, 0) is 4.79 Å². The quantitative estimate of drug-likeness (QED) is 0.931. The second kappa shape index (κ2) is 6.48. The molecule has 1 aromatic rings. The van der Waals surface area contributed by atoms with Crippen LogP contribution in [0.25, 0.3) is 0 Å². The summed E-state index contributed by atoms with van der Waals surface area (Å²) >= 11 is 11.6. The van der Waals surface area contributed by atoms with Gasteiger partial charge in [0.1, 0.15) is 5.03 Å². The molecule has 0 radical (unpaired) electrons. The van der Waals surface area contributed by atoms with Gasteiger partial charge in [0.25, 0.3) is 5.91 Å². The molecule has 98 valence electrons. The minimum atomic E-state index is -0.409. The van der Waals surface area contributed by atoms with E-state index >= 15 is 0 Å². The first-order chi connectivity index (χ1) is 8.15. The zero-order valence-electron chi connectivity index (χ0n) is 9.44. The average Bonchev–Trinajstić information content (AvgIpc) is 2.60. The number of hydrogen-bond acceptors (Lipinski definition) is 2. The van der Waals surface area contributed by atoms with Crippen molar-refractivity contribution in [2.24, 2.45) is 0 Å². The lowest BCUT2D eigenvalue weighted by molar-refractivity contribution is -0.127. The van der Waals surface area contributed by atoms with Gasteiger partial charge in [0, 0.05) is 0 Å². The Morgan fingerprint density at radius 3 is 2.33 bits per heavy atom. The second-order valence-corrected chi connectivity index (χ2v) is 4.60. The summed E-state index contributed by atoms with van der Waals surface area (Å²) in [7, 11) is 0. The van der Waals surface area contributed by atoms with Crippen LogP contribution in [0.4, 0.5) is 0 Å². The van der Waals surface area contributed by atoms with Gasteiger partial charge in [-0.25, -0.2) is 0 Å². The highest BCUT2D eigenvalue weighted by Crippen LogP contribution is 2.32. The van der Waals surface area contributed by atoms with E-state index in [2.05, 4.69) is 0 Å². The zero-order chi connectivity index (χ0) is 12.4. The molecule has 0 aliphatic carbocycles. The van der Waals surface area contributed by atoms with E-state index in [1.165, 1.54) is 4.90 Å². The van der Waals surface area contributed by atoms with Crippen LogP contribution in [0.2, 0.25) is 0 Å². The molecule has 1 amide bonds. The van der Waals surface area contributed by atoms with Gasteiger partial charge in [0.2, 0.25) is 0 Å². The Labute approximate surface area is 122 Å². The standard InChI is InChI=1S/C12H11Cl2NO2.H2S/c13-9-6-15(12(17)11(9)14)10(7-16)8-4-2-1-3-5-8;/h1-5,10,16H,6-7H2;1H2.